The van der Waals surface area contributed by atoms with Gasteiger partial charge in [0, 0.05) is 25.6 Å². The average molecular weight is 189 g/mol. The van der Waals surface area contributed by atoms with E-state index in [1.54, 1.807) is 12.4 Å². The zero-order chi connectivity index (χ0) is 9.80. The van der Waals surface area contributed by atoms with Crippen LogP contribution in [0.5, 0.6) is 0 Å². The van der Waals surface area contributed by atoms with Crippen molar-refractivity contribution in [3.05, 3.63) is 36.7 Å². The zero-order valence-electron chi connectivity index (χ0n) is 7.88. The van der Waals surface area contributed by atoms with Crippen molar-refractivity contribution >= 4 is 5.95 Å². The largest absolute Gasteiger partial charge is 0.350 e. The van der Waals surface area contributed by atoms with Gasteiger partial charge in [-0.15, -0.1) is 0 Å². The number of nitrogens with zero attached hydrogens (tertiary/aromatic N) is 4. The fourth-order valence-corrected chi connectivity index (χ4v) is 1.13. The van der Waals surface area contributed by atoms with Crippen LogP contribution in [0.3, 0.4) is 0 Å². The molecule has 0 aliphatic heterocycles. The fourth-order valence-electron chi connectivity index (χ4n) is 1.13. The maximum Gasteiger partial charge on any atom is 0.202 e. The summed E-state index contributed by atoms with van der Waals surface area (Å²) in [5, 5.41) is 3.17. The van der Waals surface area contributed by atoms with Crippen LogP contribution in [0.4, 0.5) is 5.95 Å². The molecule has 72 valence electrons. The molecule has 0 saturated carbocycles. The van der Waals surface area contributed by atoms with Crippen LogP contribution in [-0.4, -0.2) is 19.5 Å². The minimum atomic E-state index is 0.660. The van der Waals surface area contributed by atoms with E-state index >= 15 is 0 Å². The van der Waals surface area contributed by atoms with E-state index in [0.29, 0.717) is 6.54 Å². The minimum Gasteiger partial charge on any atom is -0.350 e. The predicted octanol–water partition coefficient (Wildman–Crippen LogP) is 0.822. The highest BCUT2D eigenvalue weighted by atomic mass is 15.2. The van der Waals surface area contributed by atoms with Crippen LogP contribution in [0.15, 0.2) is 31.0 Å². The summed E-state index contributed by atoms with van der Waals surface area (Å²) in [6.45, 7) is 0.660. The SMILES string of the molecule is Cn1ccnc1NCc1ccncn1. The molecule has 2 rings (SSSR count). The molecule has 5 heteroatoms. The van der Waals surface area contributed by atoms with Gasteiger partial charge < -0.3 is 9.88 Å². The molecule has 2 heterocycles. The molecule has 0 aromatic carbocycles. The van der Waals surface area contributed by atoms with Crippen LogP contribution in [0.2, 0.25) is 0 Å². The summed E-state index contributed by atoms with van der Waals surface area (Å²) >= 11 is 0. The second kappa shape index (κ2) is 3.87. The Balaban J connectivity index is 1.99. The monoisotopic (exact) mass is 189 g/mol. The van der Waals surface area contributed by atoms with E-state index in [0.717, 1.165) is 11.6 Å². The molecule has 0 fully saturated rings. The van der Waals surface area contributed by atoms with Crippen LogP contribution < -0.4 is 5.32 Å². The normalized spacial score (nSPS) is 10.1. The second-order valence-corrected chi connectivity index (χ2v) is 2.92. The van der Waals surface area contributed by atoms with E-state index in [4.69, 9.17) is 0 Å². The molecule has 2 aromatic heterocycles. The number of nitrogens with one attached hydrogen (secondary N) is 1. The molecule has 0 radical (unpaired) electrons. The Morgan fingerprint density at radius 1 is 1.36 bits per heavy atom. The average Bonchev–Trinajstić information content (AvgIpc) is 2.63. The molecule has 0 saturated heterocycles. The summed E-state index contributed by atoms with van der Waals surface area (Å²) in [5.41, 5.74) is 0.947. The van der Waals surface area contributed by atoms with Gasteiger partial charge in [0.2, 0.25) is 5.95 Å². The summed E-state index contributed by atoms with van der Waals surface area (Å²) in [6.07, 6.45) is 6.91. The molecule has 0 unspecified atom stereocenters. The van der Waals surface area contributed by atoms with Gasteiger partial charge in [-0.05, 0) is 6.07 Å². The lowest BCUT2D eigenvalue weighted by molar-refractivity contribution is 0.889. The molecule has 0 spiro atoms. The van der Waals surface area contributed by atoms with Crippen LogP contribution in [0.25, 0.3) is 0 Å². The lowest BCUT2D eigenvalue weighted by Gasteiger charge is -2.04. The van der Waals surface area contributed by atoms with Crippen LogP contribution in [0.1, 0.15) is 5.69 Å². The number of aryl methyl sites for hydroxylation is 1. The number of imidazole rings is 1. The fraction of sp³-hybridized carbons (Fsp3) is 0.222. The maximum atomic E-state index is 4.14. The molecule has 0 atom stereocenters. The van der Waals surface area contributed by atoms with Gasteiger partial charge in [0.25, 0.3) is 0 Å². The summed E-state index contributed by atoms with van der Waals surface area (Å²) in [7, 11) is 1.94. The summed E-state index contributed by atoms with van der Waals surface area (Å²) < 4.78 is 1.92. The molecule has 14 heavy (non-hydrogen) atoms. The van der Waals surface area contributed by atoms with Crippen molar-refractivity contribution in [1.82, 2.24) is 19.5 Å². The lowest BCUT2D eigenvalue weighted by atomic mass is 10.4. The Labute approximate surface area is 81.8 Å². The third-order valence-electron chi connectivity index (χ3n) is 1.89. The van der Waals surface area contributed by atoms with E-state index in [-0.39, 0.29) is 0 Å². The van der Waals surface area contributed by atoms with Gasteiger partial charge in [0.15, 0.2) is 0 Å². The molecule has 0 aliphatic rings. The first-order valence-electron chi connectivity index (χ1n) is 4.32. The molecular weight excluding hydrogens is 178 g/mol. The molecule has 5 nitrogen and oxygen atoms in total. The topological polar surface area (TPSA) is 55.6 Å². The Morgan fingerprint density at radius 2 is 2.29 bits per heavy atom. The van der Waals surface area contributed by atoms with Gasteiger partial charge >= 0.3 is 0 Å². The Bertz CT molecular complexity index is 395. The molecule has 1 N–H and O–H groups in total. The summed E-state index contributed by atoms with van der Waals surface area (Å²) in [5.74, 6) is 0.837. The first-order valence-corrected chi connectivity index (χ1v) is 4.32. The first kappa shape index (κ1) is 8.68. The van der Waals surface area contributed by atoms with Gasteiger partial charge in [-0.1, -0.05) is 0 Å². The Hall–Kier alpha value is -1.91. The first-order chi connectivity index (χ1) is 6.86. The van der Waals surface area contributed by atoms with Gasteiger partial charge in [0.1, 0.15) is 6.33 Å². The van der Waals surface area contributed by atoms with E-state index in [2.05, 4.69) is 20.3 Å². The molecule has 0 bridgehead atoms. The van der Waals surface area contributed by atoms with Crippen molar-refractivity contribution in [2.24, 2.45) is 7.05 Å². The lowest BCUT2D eigenvalue weighted by Crippen LogP contribution is -2.05. The second-order valence-electron chi connectivity index (χ2n) is 2.92. The van der Waals surface area contributed by atoms with Gasteiger partial charge in [-0.25, -0.2) is 15.0 Å². The van der Waals surface area contributed by atoms with Crippen molar-refractivity contribution in [2.45, 2.75) is 6.54 Å². The number of aromatic nitrogens is 4. The smallest absolute Gasteiger partial charge is 0.202 e. The highest BCUT2D eigenvalue weighted by Crippen LogP contribution is 2.02. The third-order valence-corrected chi connectivity index (χ3v) is 1.89. The Morgan fingerprint density at radius 3 is 2.93 bits per heavy atom. The molecule has 2 aromatic rings. The quantitative estimate of drug-likeness (QED) is 0.776. The van der Waals surface area contributed by atoms with Gasteiger partial charge in [-0.2, -0.15) is 0 Å². The van der Waals surface area contributed by atoms with Gasteiger partial charge in [0.05, 0.1) is 12.2 Å². The number of anilines is 1. The predicted molar refractivity (Wildman–Crippen MR) is 52.6 cm³/mol. The zero-order valence-corrected chi connectivity index (χ0v) is 7.88. The molecule has 0 aliphatic carbocycles. The van der Waals surface area contributed by atoms with Crippen LogP contribution in [0, 0.1) is 0 Å². The van der Waals surface area contributed by atoms with E-state index in [1.165, 1.54) is 6.33 Å². The molecular formula is C9H11N5. The third kappa shape index (κ3) is 1.87. The van der Waals surface area contributed by atoms with Crippen molar-refractivity contribution < 1.29 is 0 Å². The number of hydrogen-bond acceptors (Lipinski definition) is 4. The maximum absolute atomic E-state index is 4.14. The standard InChI is InChI=1S/C9H11N5/c1-14-5-4-11-9(14)12-6-8-2-3-10-7-13-8/h2-5,7H,6H2,1H3,(H,11,12). The number of rotatable bonds is 3. The van der Waals surface area contributed by atoms with E-state index in [9.17, 15) is 0 Å². The van der Waals surface area contributed by atoms with Crippen molar-refractivity contribution in [3.8, 4) is 0 Å². The highest BCUT2D eigenvalue weighted by Gasteiger charge is 1.98. The van der Waals surface area contributed by atoms with Crippen molar-refractivity contribution in [3.63, 3.8) is 0 Å². The number of hydrogen-bond donors (Lipinski definition) is 1. The Kier molecular flexibility index (Phi) is 2.40. The van der Waals surface area contributed by atoms with Crippen LogP contribution >= 0.6 is 0 Å². The summed E-state index contributed by atoms with van der Waals surface area (Å²) in [6, 6.07) is 1.87. The molecule has 0 amide bonds. The highest BCUT2D eigenvalue weighted by molar-refractivity contribution is 5.26. The minimum absolute atomic E-state index is 0.660. The van der Waals surface area contributed by atoms with E-state index < -0.39 is 0 Å². The summed E-state index contributed by atoms with van der Waals surface area (Å²) in [4.78, 5) is 12.1. The van der Waals surface area contributed by atoms with Crippen molar-refractivity contribution in [2.75, 3.05) is 5.32 Å². The van der Waals surface area contributed by atoms with Crippen molar-refractivity contribution in [1.29, 1.82) is 0 Å². The van der Waals surface area contributed by atoms with Crippen LogP contribution in [-0.2, 0) is 13.6 Å². The van der Waals surface area contributed by atoms with E-state index in [1.807, 2.05) is 23.9 Å². The van der Waals surface area contributed by atoms with Gasteiger partial charge in [-0.3, -0.25) is 0 Å².